The third-order valence-corrected chi connectivity index (χ3v) is 3.31. The van der Waals surface area contributed by atoms with Crippen LogP contribution in [-0.4, -0.2) is 38.2 Å². The van der Waals surface area contributed by atoms with Gasteiger partial charge in [-0.1, -0.05) is 12.1 Å². The Morgan fingerprint density at radius 1 is 1.13 bits per heavy atom. The minimum absolute atomic E-state index is 0.126. The molecule has 0 aliphatic carbocycles. The number of nitrogens with zero attached hydrogens (tertiary/aromatic N) is 1. The van der Waals surface area contributed by atoms with Crippen LogP contribution in [0.25, 0.3) is 0 Å². The molecule has 0 saturated heterocycles. The van der Waals surface area contributed by atoms with Crippen LogP contribution < -0.4 is 20.1 Å². The first-order valence-electron chi connectivity index (χ1n) is 7.35. The Labute approximate surface area is 135 Å². The Kier molecular flexibility index (Phi) is 6.38. The van der Waals surface area contributed by atoms with Crippen LogP contribution in [0.5, 0.6) is 11.5 Å². The van der Waals surface area contributed by atoms with Gasteiger partial charge in [0.25, 0.3) is 5.91 Å². The van der Waals surface area contributed by atoms with E-state index in [1.807, 2.05) is 18.2 Å². The second-order valence-corrected chi connectivity index (χ2v) is 4.83. The lowest BCUT2D eigenvalue weighted by Crippen LogP contribution is -2.31. The number of benzene rings is 1. The standard InChI is InChI=1S/C17H21N3O3/c1-22-15-7-3-5-13(16(15)23-2)11-19-9-10-20-17(21)14-6-4-8-18-12-14/h3-8,12,19H,9-11H2,1-2H3,(H,20,21). The summed E-state index contributed by atoms with van der Waals surface area (Å²) in [6.45, 7) is 1.80. The van der Waals surface area contributed by atoms with Gasteiger partial charge in [-0.15, -0.1) is 0 Å². The van der Waals surface area contributed by atoms with Gasteiger partial charge in [0.05, 0.1) is 19.8 Å². The van der Waals surface area contributed by atoms with E-state index in [4.69, 9.17) is 9.47 Å². The van der Waals surface area contributed by atoms with Crippen molar-refractivity contribution in [1.82, 2.24) is 15.6 Å². The van der Waals surface area contributed by atoms with Crippen LogP contribution in [0.1, 0.15) is 15.9 Å². The van der Waals surface area contributed by atoms with E-state index in [-0.39, 0.29) is 5.91 Å². The van der Waals surface area contributed by atoms with Gasteiger partial charge >= 0.3 is 0 Å². The molecule has 0 bridgehead atoms. The van der Waals surface area contributed by atoms with Crippen LogP contribution >= 0.6 is 0 Å². The van der Waals surface area contributed by atoms with E-state index in [0.29, 0.717) is 30.9 Å². The largest absolute Gasteiger partial charge is 0.493 e. The zero-order chi connectivity index (χ0) is 16.5. The summed E-state index contributed by atoms with van der Waals surface area (Å²) in [5, 5.41) is 6.11. The molecule has 1 heterocycles. The van der Waals surface area contributed by atoms with Crippen molar-refractivity contribution in [3.8, 4) is 11.5 Å². The Morgan fingerprint density at radius 2 is 2.00 bits per heavy atom. The first kappa shape index (κ1) is 16.8. The molecule has 0 spiro atoms. The second kappa shape index (κ2) is 8.75. The number of ether oxygens (including phenoxy) is 2. The number of aromatic nitrogens is 1. The van der Waals surface area contributed by atoms with Gasteiger partial charge in [-0.3, -0.25) is 9.78 Å². The minimum Gasteiger partial charge on any atom is -0.493 e. The van der Waals surface area contributed by atoms with Crippen molar-refractivity contribution < 1.29 is 14.3 Å². The molecule has 0 fully saturated rings. The van der Waals surface area contributed by atoms with E-state index in [9.17, 15) is 4.79 Å². The first-order chi connectivity index (χ1) is 11.3. The predicted octanol–water partition coefficient (Wildman–Crippen LogP) is 1.62. The molecule has 6 heteroatoms. The first-order valence-corrected chi connectivity index (χ1v) is 7.35. The monoisotopic (exact) mass is 315 g/mol. The predicted molar refractivity (Wildman–Crippen MR) is 87.8 cm³/mol. The molecule has 0 radical (unpaired) electrons. The smallest absolute Gasteiger partial charge is 0.252 e. The van der Waals surface area contributed by atoms with E-state index in [1.54, 1.807) is 38.7 Å². The van der Waals surface area contributed by atoms with Crippen LogP contribution in [-0.2, 0) is 6.54 Å². The molecular formula is C17H21N3O3. The van der Waals surface area contributed by atoms with Crippen LogP contribution in [0.4, 0.5) is 0 Å². The highest BCUT2D eigenvalue weighted by Crippen LogP contribution is 2.30. The van der Waals surface area contributed by atoms with Gasteiger partial charge in [0.2, 0.25) is 0 Å². The molecule has 2 rings (SSSR count). The molecule has 122 valence electrons. The Balaban J connectivity index is 1.77. The van der Waals surface area contributed by atoms with Gasteiger partial charge in [-0.05, 0) is 18.2 Å². The van der Waals surface area contributed by atoms with Crippen molar-refractivity contribution in [3.63, 3.8) is 0 Å². The number of para-hydroxylation sites is 1. The van der Waals surface area contributed by atoms with Crippen LogP contribution in [0.2, 0.25) is 0 Å². The third kappa shape index (κ3) is 4.69. The summed E-state index contributed by atoms with van der Waals surface area (Å²) in [4.78, 5) is 15.8. The van der Waals surface area contributed by atoms with Crippen molar-refractivity contribution in [2.45, 2.75) is 6.54 Å². The number of hydrogen-bond donors (Lipinski definition) is 2. The number of carbonyl (C=O) groups excluding carboxylic acids is 1. The summed E-state index contributed by atoms with van der Waals surface area (Å²) in [6, 6.07) is 9.22. The van der Waals surface area contributed by atoms with Crippen LogP contribution in [0.3, 0.4) is 0 Å². The number of hydrogen-bond acceptors (Lipinski definition) is 5. The maximum Gasteiger partial charge on any atom is 0.252 e. The lowest BCUT2D eigenvalue weighted by Gasteiger charge is -2.13. The average Bonchev–Trinajstić information content (AvgIpc) is 2.61. The lowest BCUT2D eigenvalue weighted by atomic mass is 10.2. The fraction of sp³-hybridized carbons (Fsp3) is 0.294. The molecule has 1 aromatic carbocycles. The normalized spacial score (nSPS) is 10.2. The molecule has 0 atom stereocenters. The molecule has 2 aromatic rings. The molecule has 23 heavy (non-hydrogen) atoms. The zero-order valence-corrected chi connectivity index (χ0v) is 13.3. The second-order valence-electron chi connectivity index (χ2n) is 4.83. The van der Waals surface area contributed by atoms with E-state index < -0.39 is 0 Å². The van der Waals surface area contributed by atoms with Crippen molar-refractivity contribution in [2.75, 3.05) is 27.3 Å². The molecule has 0 aliphatic heterocycles. The third-order valence-electron chi connectivity index (χ3n) is 3.31. The Hall–Kier alpha value is -2.60. The van der Waals surface area contributed by atoms with Crippen molar-refractivity contribution in [2.24, 2.45) is 0 Å². The molecule has 0 aliphatic rings. The number of rotatable bonds is 8. The van der Waals surface area contributed by atoms with Gasteiger partial charge < -0.3 is 20.1 Å². The molecule has 0 saturated carbocycles. The lowest BCUT2D eigenvalue weighted by molar-refractivity contribution is 0.0953. The summed E-state index contributed by atoms with van der Waals surface area (Å²) < 4.78 is 10.6. The minimum atomic E-state index is -0.126. The maximum absolute atomic E-state index is 11.8. The van der Waals surface area contributed by atoms with Gasteiger partial charge in [-0.25, -0.2) is 0 Å². The molecule has 1 amide bonds. The summed E-state index contributed by atoms with van der Waals surface area (Å²) in [5.41, 5.74) is 1.56. The van der Waals surface area contributed by atoms with Crippen LogP contribution in [0, 0.1) is 0 Å². The Morgan fingerprint density at radius 3 is 2.70 bits per heavy atom. The maximum atomic E-state index is 11.8. The summed E-state index contributed by atoms with van der Waals surface area (Å²) in [5.74, 6) is 1.30. The highest BCUT2D eigenvalue weighted by atomic mass is 16.5. The summed E-state index contributed by atoms with van der Waals surface area (Å²) in [6.07, 6.45) is 3.18. The number of methoxy groups -OCH3 is 2. The van der Waals surface area contributed by atoms with Gasteiger partial charge in [0.15, 0.2) is 11.5 Å². The number of nitrogens with one attached hydrogen (secondary N) is 2. The van der Waals surface area contributed by atoms with Crippen LogP contribution in [0.15, 0.2) is 42.7 Å². The zero-order valence-electron chi connectivity index (χ0n) is 13.3. The van der Waals surface area contributed by atoms with Gasteiger partial charge in [-0.2, -0.15) is 0 Å². The fourth-order valence-electron chi connectivity index (χ4n) is 2.18. The topological polar surface area (TPSA) is 72.5 Å². The van der Waals surface area contributed by atoms with Crippen molar-refractivity contribution >= 4 is 5.91 Å². The molecular weight excluding hydrogens is 294 g/mol. The molecule has 1 aromatic heterocycles. The van der Waals surface area contributed by atoms with Crippen molar-refractivity contribution in [1.29, 1.82) is 0 Å². The molecule has 0 unspecified atom stereocenters. The number of pyridine rings is 1. The molecule has 6 nitrogen and oxygen atoms in total. The van der Waals surface area contributed by atoms with E-state index in [1.165, 1.54) is 0 Å². The fourth-order valence-corrected chi connectivity index (χ4v) is 2.18. The number of carbonyl (C=O) groups is 1. The average molecular weight is 315 g/mol. The van der Waals surface area contributed by atoms with E-state index in [0.717, 1.165) is 11.3 Å². The van der Waals surface area contributed by atoms with E-state index >= 15 is 0 Å². The van der Waals surface area contributed by atoms with Crippen molar-refractivity contribution in [3.05, 3.63) is 53.9 Å². The Bertz CT molecular complexity index is 632. The highest BCUT2D eigenvalue weighted by molar-refractivity contribution is 5.93. The quantitative estimate of drug-likeness (QED) is 0.724. The van der Waals surface area contributed by atoms with Gasteiger partial charge in [0, 0.05) is 37.6 Å². The summed E-state index contributed by atoms with van der Waals surface area (Å²) in [7, 11) is 3.23. The van der Waals surface area contributed by atoms with Gasteiger partial charge in [0.1, 0.15) is 0 Å². The number of amides is 1. The highest BCUT2D eigenvalue weighted by Gasteiger charge is 2.09. The van der Waals surface area contributed by atoms with E-state index in [2.05, 4.69) is 15.6 Å². The molecule has 2 N–H and O–H groups in total. The summed E-state index contributed by atoms with van der Waals surface area (Å²) >= 11 is 0. The SMILES string of the molecule is COc1cccc(CNCCNC(=O)c2cccnc2)c1OC.